The molecule has 138 valence electrons. The van der Waals surface area contributed by atoms with E-state index in [-0.39, 0.29) is 17.7 Å². The minimum Gasteiger partial charge on any atom is -0.352 e. The predicted octanol–water partition coefficient (Wildman–Crippen LogP) is 2.98. The molecule has 1 heterocycles. The second-order valence-corrected chi connectivity index (χ2v) is 6.97. The number of rotatable bonds is 4. The van der Waals surface area contributed by atoms with Gasteiger partial charge in [-0.3, -0.25) is 9.59 Å². The zero-order chi connectivity index (χ0) is 18.0. The third-order valence-electron chi connectivity index (χ3n) is 4.81. The van der Waals surface area contributed by atoms with Gasteiger partial charge in [0.15, 0.2) is 0 Å². The van der Waals surface area contributed by atoms with E-state index in [9.17, 15) is 22.8 Å². The molecule has 0 atom stereocenters. The summed E-state index contributed by atoms with van der Waals surface area (Å²) in [6.45, 7) is -0.473. The van der Waals surface area contributed by atoms with Crippen LogP contribution in [0, 0.1) is 0 Å². The minimum absolute atomic E-state index is 0.0272. The highest BCUT2D eigenvalue weighted by Crippen LogP contribution is 2.40. The highest BCUT2D eigenvalue weighted by atomic mass is 19.4. The summed E-state index contributed by atoms with van der Waals surface area (Å²) in [6.07, 6.45) is 2.82. The van der Waals surface area contributed by atoms with Gasteiger partial charge in [-0.1, -0.05) is 25.7 Å². The Balaban J connectivity index is 1.77. The molecule has 0 spiro atoms. The molecule has 2 aliphatic carbocycles. The van der Waals surface area contributed by atoms with Gasteiger partial charge >= 0.3 is 6.18 Å². The fourth-order valence-electron chi connectivity index (χ4n) is 3.28. The van der Waals surface area contributed by atoms with Crippen LogP contribution >= 0.6 is 0 Å². The van der Waals surface area contributed by atoms with Gasteiger partial charge in [0.1, 0.15) is 12.1 Å². The fraction of sp³-hybridized carbons (Fsp3) is 0.706. The molecule has 0 bridgehead atoms. The summed E-state index contributed by atoms with van der Waals surface area (Å²) in [7, 11) is 0. The average Bonchev–Trinajstić information content (AvgIpc) is 3.35. The number of alkyl halides is 3. The topological polar surface area (TPSA) is 64.0 Å². The van der Waals surface area contributed by atoms with Crippen molar-refractivity contribution in [1.29, 1.82) is 0 Å². The normalized spacial score (nSPS) is 19.5. The molecule has 25 heavy (non-hydrogen) atoms. The maximum atomic E-state index is 13.1. The van der Waals surface area contributed by atoms with Crippen molar-refractivity contribution in [2.75, 3.05) is 0 Å². The van der Waals surface area contributed by atoms with Crippen LogP contribution in [0.5, 0.6) is 0 Å². The van der Waals surface area contributed by atoms with E-state index in [2.05, 4.69) is 10.4 Å². The zero-order valence-electron chi connectivity index (χ0n) is 13.9. The van der Waals surface area contributed by atoms with Gasteiger partial charge in [-0.05, 0) is 31.7 Å². The number of aromatic nitrogens is 2. The smallest absolute Gasteiger partial charge is 0.352 e. The van der Waals surface area contributed by atoms with Gasteiger partial charge in [-0.25, -0.2) is 4.68 Å². The van der Waals surface area contributed by atoms with Gasteiger partial charge in [-0.2, -0.15) is 18.3 Å². The van der Waals surface area contributed by atoms with Crippen LogP contribution in [0.1, 0.15) is 68.5 Å². The molecule has 2 fully saturated rings. The molecule has 1 aromatic rings. The van der Waals surface area contributed by atoms with E-state index in [1.165, 1.54) is 0 Å². The maximum Gasteiger partial charge on any atom is 0.421 e. The van der Waals surface area contributed by atoms with Crippen LogP contribution < -0.4 is 10.9 Å². The number of carbonyl (C=O) groups excluding carboxylic acids is 1. The summed E-state index contributed by atoms with van der Waals surface area (Å²) in [6, 6.07) is 0.860. The number of hydrogen-bond acceptors (Lipinski definition) is 3. The summed E-state index contributed by atoms with van der Waals surface area (Å²) in [5, 5.41) is 6.84. The lowest BCUT2D eigenvalue weighted by atomic mass is 10.1. The number of hydrogen-bond donors (Lipinski definition) is 1. The molecule has 2 aliphatic rings. The third kappa shape index (κ3) is 4.61. The SMILES string of the molecule is O=C(Cn1nc(C2CC2)cc(C(F)(F)F)c1=O)NC1CCCCCC1. The van der Waals surface area contributed by atoms with Gasteiger partial charge in [0.05, 0.1) is 5.69 Å². The summed E-state index contributed by atoms with van der Waals surface area (Å²) < 4.78 is 40.0. The lowest BCUT2D eigenvalue weighted by Gasteiger charge is -2.17. The molecule has 5 nitrogen and oxygen atoms in total. The summed E-state index contributed by atoms with van der Waals surface area (Å²) in [4.78, 5) is 24.3. The summed E-state index contributed by atoms with van der Waals surface area (Å²) >= 11 is 0. The minimum atomic E-state index is -4.75. The first-order chi connectivity index (χ1) is 11.8. The summed E-state index contributed by atoms with van der Waals surface area (Å²) in [5.41, 5.74) is -2.26. The van der Waals surface area contributed by atoms with Crippen LogP contribution in [0.3, 0.4) is 0 Å². The monoisotopic (exact) mass is 357 g/mol. The molecule has 2 saturated carbocycles. The Labute approximate surface area is 143 Å². The second-order valence-electron chi connectivity index (χ2n) is 6.97. The van der Waals surface area contributed by atoms with Crippen LogP contribution in [-0.4, -0.2) is 21.7 Å². The third-order valence-corrected chi connectivity index (χ3v) is 4.81. The Morgan fingerprint density at radius 2 is 1.80 bits per heavy atom. The van der Waals surface area contributed by atoms with Gasteiger partial charge < -0.3 is 5.32 Å². The van der Waals surface area contributed by atoms with Crippen molar-refractivity contribution < 1.29 is 18.0 Å². The molecule has 1 N–H and O–H groups in total. The van der Waals surface area contributed by atoms with Crippen molar-refractivity contribution >= 4 is 5.91 Å². The van der Waals surface area contributed by atoms with Crippen LogP contribution in [0.4, 0.5) is 13.2 Å². The maximum absolute atomic E-state index is 13.1. The molecule has 0 unspecified atom stereocenters. The van der Waals surface area contributed by atoms with Crippen LogP contribution in [-0.2, 0) is 17.5 Å². The number of carbonyl (C=O) groups is 1. The standard InChI is InChI=1S/C17H22F3N3O2/c18-17(19,20)13-9-14(11-7-8-11)22-23(16(13)25)10-15(24)21-12-5-3-1-2-4-6-12/h9,11-12H,1-8,10H2,(H,21,24). The number of amides is 1. The van der Waals surface area contributed by atoms with Crippen LogP contribution in [0.25, 0.3) is 0 Å². The van der Waals surface area contributed by atoms with Crippen LogP contribution in [0.15, 0.2) is 10.9 Å². The van der Waals surface area contributed by atoms with E-state index in [1.54, 1.807) is 0 Å². The van der Waals surface area contributed by atoms with Gasteiger partial charge in [0.2, 0.25) is 5.91 Å². The van der Waals surface area contributed by atoms with Crippen molar-refractivity contribution in [2.24, 2.45) is 0 Å². The first-order valence-electron chi connectivity index (χ1n) is 8.83. The first kappa shape index (κ1) is 17.9. The van der Waals surface area contributed by atoms with Gasteiger partial charge in [0.25, 0.3) is 5.56 Å². The number of halogens is 3. The zero-order valence-corrected chi connectivity index (χ0v) is 13.9. The molecule has 0 saturated heterocycles. The van der Waals surface area contributed by atoms with Crippen molar-refractivity contribution in [1.82, 2.24) is 15.1 Å². The Kier molecular flexibility index (Phi) is 5.15. The molecule has 0 aromatic carbocycles. The molecular formula is C17H22F3N3O2. The first-order valence-corrected chi connectivity index (χ1v) is 8.83. The highest BCUT2D eigenvalue weighted by molar-refractivity contribution is 5.75. The number of nitrogens with zero attached hydrogens (tertiary/aromatic N) is 2. The Bertz CT molecular complexity index is 687. The van der Waals surface area contributed by atoms with Gasteiger partial charge in [0, 0.05) is 12.0 Å². The highest BCUT2D eigenvalue weighted by Gasteiger charge is 2.37. The predicted molar refractivity (Wildman–Crippen MR) is 85.1 cm³/mol. The molecule has 0 aliphatic heterocycles. The molecule has 1 amide bonds. The fourth-order valence-corrected chi connectivity index (χ4v) is 3.28. The molecule has 0 radical (unpaired) electrons. The van der Waals surface area contributed by atoms with E-state index in [0.29, 0.717) is 4.68 Å². The summed E-state index contributed by atoms with van der Waals surface area (Å²) in [5.74, 6) is -0.500. The van der Waals surface area contributed by atoms with Crippen molar-refractivity contribution in [3.63, 3.8) is 0 Å². The van der Waals surface area contributed by atoms with E-state index >= 15 is 0 Å². The van der Waals surface area contributed by atoms with E-state index in [0.717, 1.165) is 57.4 Å². The van der Waals surface area contributed by atoms with E-state index in [4.69, 9.17) is 0 Å². The van der Waals surface area contributed by atoms with E-state index in [1.807, 2.05) is 0 Å². The quantitative estimate of drug-likeness (QED) is 0.843. The largest absolute Gasteiger partial charge is 0.421 e. The Hall–Kier alpha value is -1.86. The molecule has 8 heteroatoms. The lowest BCUT2D eigenvalue weighted by Crippen LogP contribution is -2.41. The van der Waals surface area contributed by atoms with Gasteiger partial charge in [-0.15, -0.1) is 0 Å². The molecular weight excluding hydrogens is 335 g/mol. The average molecular weight is 357 g/mol. The molecule has 3 rings (SSSR count). The second kappa shape index (κ2) is 7.17. The number of nitrogens with one attached hydrogen (secondary N) is 1. The van der Waals surface area contributed by atoms with Crippen molar-refractivity contribution in [3.8, 4) is 0 Å². The Morgan fingerprint density at radius 3 is 2.36 bits per heavy atom. The van der Waals surface area contributed by atoms with Crippen molar-refractivity contribution in [2.45, 2.75) is 76.0 Å². The lowest BCUT2D eigenvalue weighted by molar-refractivity contribution is -0.139. The Morgan fingerprint density at radius 1 is 1.16 bits per heavy atom. The van der Waals surface area contributed by atoms with E-state index < -0.39 is 29.8 Å². The molecule has 1 aromatic heterocycles. The van der Waals surface area contributed by atoms with Crippen molar-refractivity contribution in [3.05, 3.63) is 27.7 Å². The van der Waals surface area contributed by atoms with Crippen LogP contribution in [0.2, 0.25) is 0 Å².